The summed E-state index contributed by atoms with van der Waals surface area (Å²) in [5.74, 6) is 0.350. The Kier molecular flexibility index (Phi) is 8.10. The predicted octanol–water partition coefficient (Wildman–Crippen LogP) is 3.88. The summed E-state index contributed by atoms with van der Waals surface area (Å²) in [7, 11) is -2.50. The largest absolute Gasteiger partial charge is 0.348 e. The normalized spacial score (nSPS) is 17.0. The van der Waals surface area contributed by atoms with Gasteiger partial charge in [0.1, 0.15) is 0 Å². The van der Waals surface area contributed by atoms with Crippen LogP contribution in [0.3, 0.4) is 0 Å². The zero-order valence-corrected chi connectivity index (χ0v) is 18.9. The van der Waals surface area contributed by atoms with Gasteiger partial charge in [0.05, 0.1) is 12.3 Å². The van der Waals surface area contributed by atoms with E-state index >= 15 is 0 Å². The number of benzene rings is 1. The number of hydrogen-bond donors (Lipinski definition) is 3. The lowest BCUT2D eigenvalue weighted by Crippen LogP contribution is -2.40. The number of nitrogens with zero attached hydrogens (tertiary/aromatic N) is 3. The minimum atomic E-state index is -2.50. The van der Waals surface area contributed by atoms with Crippen LogP contribution in [0.2, 0.25) is 0 Å². The maximum atomic E-state index is 13.0. The molecular formula is C21H30N4O6S. The molecule has 1 saturated heterocycles. The third kappa shape index (κ3) is 6.44. The molecule has 0 radical (unpaired) electrons. The van der Waals surface area contributed by atoms with Crippen LogP contribution < -0.4 is 5.32 Å². The van der Waals surface area contributed by atoms with Crippen molar-refractivity contribution in [1.82, 2.24) is 15.1 Å². The molecule has 2 heterocycles. The van der Waals surface area contributed by atoms with Gasteiger partial charge in [-0.2, -0.15) is 15.7 Å². The molecule has 0 atom stereocenters. The van der Waals surface area contributed by atoms with Crippen LogP contribution in [0.15, 0.2) is 30.3 Å². The molecule has 3 N–H and O–H groups in total. The monoisotopic (exact) mass is 466 g/mol. The van der Waals surface area contributed by atoms with Crippen LogP contribution in [0.4, 0.5) is 0 Å². The van der Waals surface area contributed by atoms with Crippen LogP contribution in [-0.4, -0.2) is 54.0 Å². The van der Waals surface area contributed by atoms with Gasteiger partial charge >= 0.3 is 0 Å². The molecule has 1 aromatic carbocycles. The topological polar surface area (TPSA) is 140 Å². The summed E-state index contributed by atoms with van der Waals surface area (Å²) in [5.41, 5.74) is 2.97. The van der Waals surface area contributed by atoms with Crippen molar-refractivity contribution < 1.29 is 23.8 Å². The van der Waals surface area contributed by atoms with E-state index in [4.69, 9.17) is 0 Å². The maximum Gasteiger partial charge on any atom is 0.294 e. The van der Waals surface area contributed by atoms with Gasteiger partial charge < -0.3 is 10.2 Å². The van der Waals surface area contributed by atoms with Gasteiger partial charge in [0, 0.05) is 35.2 Å². The number of aromatic nitrogens is 2. The van der Waals surface area contributed by atoms with E-state index in [1.165, 1.54) is 0 Å². The van der Waals surface area contributed by atoms with Crippen molar-refractivity contribution in [2.45, 2.75) is 51.6 Å². The van der Waals surface area contributed by atoms with Crippen molar-refractivity contribution in [3.63, 3.8) is 0 Å². The third-order valence-corrected chi connectivity index (χ3v) is 7.36. The molecule has 1 aliphatic heterocycles. The summed E-state index contributed by atoms with van der Waals surface area (Å²) < 4.78 is 21.4. The maximum absolute atomic E-state index is 13.0. The molecule has 0 unspecified atom stereocenters. The Hall–Kier alpha value is -2.63. The Morgan fingerprint density at radius 1 is 1.25 bits per heavy atom. The number of hydrogen-bond acceptors (Lipinski definition) is 7. The number of carbonyl (C=O) groups excluding carboxylic acids is 1. The standard InChI is InChI=1S/C21H30N4O6S/c1-16-19(21(26)22-18-10-14-32(29,30)15-11-18)23-24(12-6-3-7-13-31-25(27)28)20(16)17-8-4-2-5-9-17/h2,4-5,8-9,18,29-30H,3,6-7,10-15H2,1H3,(H,22,26). The Bertz CT molecular complexity index is 924. The molecule has 10 nitrogen and oxygen atoms in total. The summed E-state index contributed by atoms with van der Waals surface area (Å²) in [5, 5.41) is 17.0. The van der Waals surface area contributed by atoms with Gasteiger partial charge in [0.25, 0.3) is 11.0 Å². The van der Waals surface area contributed by atoms with Crippen LogP contribution in [0, 0.1) is 17.0 Å². The van der Waals surface area contributed by atoms with Crippen LogP contribution in [0.5, 0.6) is 0 Å². The molecule has 0 aliphatic carbocycles. The third-order valence-electron chi connectivity index (χ3n) is 5.58. The van der Waals surface area contributed by atoms with Crippen molar-refractivity contribution in [1.29, 1.82) is 0 Å². The predicted molar refractivity (Wildman–Crippen MR) is 122 cm³/mol. The summed E-state index contributed by atoms with van der Waals surface area (Å²) in [6.07, 6.45) is 3.11. The Labute approximate surface area is 188 Å². The van der Waals surface area contributed by atoms with E-state index in [0.717, 1.165) is 29.7 Å². The molecule has 1 aliphatic rings. The zero-order chi connectivity index (χ0) is 23.1. The first-order valence-electron chi connectivity index (χ1n) is 10.7. The van der Waals surface area contributed by atoms with Crippen molar-refractivity contribution in [3.8, 4) is 11.3 Å². The summed E-state index contributed by atoms with van der Waals surface area (Å²) in [6, 6.07) is 9.63. The fraction of sp³-hybridized carbons (Fsp3) is 0.524. The highest BCUT2D eigenvalue weighted by Crippen LogP contribution is 2.43. The molecule has 1 fully saturated rings. The molecule has 0 saturated carbocycles. The molecule has 1 aromatic heterocycles. The van der Waals surface area contributed by atoms with E-state index in [-0.39, 0.29) is 18.6 Å². The van der Waals surface area contributed by atoms with Crippen LogP contribution >= 0.6 is 10.6 Å². The quantitative estimate of drug-likeness (QED) is 0.274. The Morgan fingerprint density at radius 2 is 1.94 bits per heavy atom. The van der Waals surface area contributed by atoms with Gasteiger partial charge in [-0.15, -0.1) is 10.1 Å². The van der Waals surface area contributed by atoms with Gasteiger partial charge in [0.15, 0.2) is 5.69 Å². The van der Waals surface area contributed by atoms with Crippen molar-refractivity contribution >= 4 is 16.5 Å². The van der Waals surface area contributed by atoms with E-state index in [0.29, 0.717) is 43.0 Å². The fourth-order valence-corrected chi connectivity index (χ4v) is 5.40. The minimum absolute atomic E-state index is 0.0659. The van der Waals surface area contributed by atoms with Gasteiger partial charge in [-0.05, 0) is 39.0 Å². The lowest BCUT2D eigenvalue weighted by atomic mass is 10.1. The summed E-state index contributed by atoms with van der Waals surface area (Å²) >= 11 is 0. The van der Waals surface area contributed by atoms with Crippen molar-refractivity contribution in [2.24, 2.45) is 0 Å². The second-order valence-electron chi connectivity index (χ2n) is 7.99. The van der Waals surface area contributed by atoms with E-state index in [1.807, 2.05) is 41.9 Å². The van der Waals surface area contributed by atoms with Crippen LogP contribution in [-0.2, 0) is 11.4 Å². The average molecular weight is 467 g/mol. The first-order valence-corrected chi connectivity index (χ1v) is 12.6. The first kappa shape index (κ1) is 24.0. The number of unbranched alkanes of at least 4 members (excludes halogenated alkanes) is 2. The Morgan fingerprint density at radius 3 is 2.59 bits per heavy atom. The first-order chi connectivity index (χ1) is 15.3. The second kappa shape index (κ2) is 10.8. The summed E-state index contributed by atoms with van der Waals surface area (Å²) in [6.45, 7) is 2.51. The van der Waals surface area contributed by atoms with Crippen molar-refractivity contribution in [3.05, 3.63) is 51.7 Å². The number of nitrogens with one attached hydrogen (secondary N) is 1. The highest BCUT2D eigenvalue weighted by molar-refractivity contribution is 8.24. The lowest BCUT2D eigenvalue weighted by molar-refractivity contribution is -0.757. The zero-order valence-electron chi connectivity index (χ0n) is 18.1. The van der Waals surface area contributed by atoms with Gasteiger partial charge in [-0.1, -0.05) is 30.3 Å². The van der Waals surface area contributed by atoms with E-state index < -0.39 is 15.7 Å². The SMILES string of the molecule is Cc1c(C(=O)NC2CCS(O)(O)CC2)nn(CCCCCO[N+](=O)[O-])c1-c1ccccc1. The van der Waals surface area contributed by atoms with E-state index in [1.54, 1.807) is 0 Å². The molecule has 2 aromatic rings. The van der Waals surface area contributed by atoms with Gasteiger partial charge in [-0.3, -0.25) is 18.6 Å². The second-order valence-corrected chi connectivity index (χ2v) is 10.4. The highest BCUT2D eigenvalue weighted by atomic mass is 32.3. The smallest absolute Gasteiger partial charge is 0.294 e. The fourth-order valence-electron chi connectivity index (χ4n) is 3.88. The minimum Gasteiger partial charge on any atom is -0.348 e. The molecule has 32 heavy (non-hydrogen) atoms. The number of carbonyl (C=O) groups is 1. The Balaban J connectivity index is 1.71. The van der Waals surface area contributed by atoms with Gasteiger partial charge in [-0.25, -0.2) is 0 Å². The number of amides is 1. The molecule has 1 amide bonds. The molecule has 3 rings (SSSR count). The van der Waals surface area contributed by atoms with Gasteiger partial charge in [0.2, 0.25) is 0 Å². The number of aryl methyl sites for hydroxylation is 1. The lowest BCUT2D eigenvalue weighted by Gasteiger charge is -2.39. The van der Waals surface area contributed by atoms with Crippen molar-refractivity contribution in [2.75, 3.05) is 18.1 Å². The molecule has 0 spiro atoms. The van der Waals surface area contributed by atoms with E-state index in [2.05, 4.69) is 15.3 Å². The molecule has 0 bridgehead atoms. The molecule has 11 heteroatoms. The van der Waals surface area contributed by atoms with Crippen LogP contribution in [0.1, 0.15) is 48.2 Å². The molecule has 176 valence electrons. The van der Waals surface area contributed by atoms with E-state index in [9.17, 15) is 24.0 Å². The molecular weight excluding hydrogens is 436 g/mol. The van der Waals surface area contributed by atoms with Crippen LogP contribution in [0.25, 0.3) is 11.3 Å². The highest BCUT2D eigenvalue weighted by Gasteiger charge is 2.27. The number of rotatable bonds is 10. The average Bonchev–Trinajstić information content (AvgIpc) is 3.08. The summed E-state index contributed by atoms with van der Waals surface area (Å²) in [4.78, 5) is 27.6.